The first kappa shape index (κ1) is 27.5. The zero-order valence-corrected chi connectivity index (χ0v) is 22.5. The highest BCUT2D eigenvalue weighted by atomic mass is 19.1. The number of halogens is 1. The fourth-order valence-corrected chi connectivity index (χ4v) is 5.38. The summed E-state index contributed by atoms with van der Waals surface area (Å²) in [6.07, 6.45) is 6.07. The van der Waals surface area contributed by atoms with Crippen LogP contribution in [0.4, 0.5) is 4.39 Å². The molecule has 3 amide bonds. The van der Waals surface area contributed by atoms with Crippen molar-refractivity contribution in [1.82, 2.24) is 15.5 Å². The number of ether oxygens (including phenoxy) is 3. The zero-order chi connectivity index (χ0) is 28.1. The van der Waals surface area contributed by atoms with Gasteiger partial charge in [-0.2, -0.15) is 0 Å². The van der Waals surface area contributed by atoms with E-state index in [1.54, 1.807) is 23.1 Å². The van der Waals surface area contributed by atoms with E-state index in [2.05, 4.69) is 10.6 Å². The molecule has 2 N–H and O–H groups in total. The number of rotatable bonds is 2. The van der Waals surface area contributed by atoms with Crippen LogP contribution in [0, 0.1) is 11.7 Å². The molecular formula is C30H34FN3O6. The number of aryl methyl sites for hydroxylation is 1. The summed E-state index contributed by atoms with van der Waals surface area (Å²) in [4.78, 5) is 40.5. The average molecular weight is 552 g/mol. The van der Waals surface area contributed by atoms with E-state index in [0.29, 0.717) is 55.0 Å². The van der Waals surface area contributed by atoms with Gasteiger partial charge in [0.15, 0.2) is 18.1 Å². The van der Waals surface area contributed by atoms with E-state index in [9.17, 15) is 18.8 Å². The topological polar surface area (TPSA) is 106 Å². The van der Waals surface area contributed by atoms with Gasteiger partial charge in [0.1, 0.15) is 17.7 Å². The Hall–Kier alpha value is -4.08. The molecule has 0 saturated carbocycles. The van der Waals surface area contributed by atoms with Crippen molar-refractivity contribution in [1.29, 1.82) is 0 Å². The summed E-state index contributed by atoms with van der Waals surface area (Å²) in [5.41, 5.74) is 1.41. The molecule has 212 valence electrons. The van der Waals surface area contributed by atoms with Crippen LogP contribution in [0.2, 0.25) is 0 Å². The molecule has 2 aromatic rings. The first-order chi connectivity index (χ1) is 19.4. The van der Waals surface area contributed by atoms with Crippen molar-refractivity contribution >= 4 is 17.7 Å². The number of fused-ring (bicyclic) bond motifs is 5. The molecule has 10 heteroatoms. The molecule has 1 fully saturated rings. The molecule has 2 aliphatic heterocycles. The molecule has 0 spiro atoms. The van der Waals surface area contributed by atoms with Crippen molar-refractivity contribution in [2.24, 2.45) is 5.92 Å². The van der Waals surface area contributed by atoms with Crippen molar-refractivity contribution in [2.75, 3.05) is 26.8 Å². The van der Waals surface area contributed by atoms with Gasteiger partial charge in [-0.05, 0) is 54.7 Å². The molecule has 3 aliphatic rings. The van der Waals surface area contributed by atoms with E-state index in [4.69, 9.17) is 14.2 Å². The maximum Gasteiger partial charge on any atom is 0.258 e. The maximum absolute atomic E-state index is 14.5. The van der Waals surface area contributed by atoms with Crippen LogP contribution < -0.4 is 24.8 Å². The van der Waals surface area contributed by atoms with Gasteiger partial charge in [-0.3, -0.25) is 14.4 Å². The van der Waals surface area contributed by atoms with Crippen LogP contribution in [-0.2, 0) is 27.3 Å². The third-order valence-electron chi connectivity index (χ3n) is 7.50. The van der Waals surface area contributed by atoms with E-state index in [1.165, 1.54) is 19.2 Å². The predicted molar refractivity (Wildman–Crippen MR) is 144 cm³/mol. The molecule has 40 heavy (non-hydrogen) atoms. The van der Waals surface area contributed by atoms with Crippen molar-refractivity contribution in [3.63, 3.8) is 0 Å². The van der Waals surface area contributed by atoms with Gasteiger partial charge in [0.2, 0.25) is 11.8 Å². The van der Waals surface area contributed by atoms with Gasteiger partial charge in [0.25, 0.3) is 5.91 Å². The van der Waals surface area contributed by atoms with E-state index in [-0.39, 0.29) is 49.8 Å². The normalized spacial score (nSPS) is 22.1. The lowest BCUT2D eigenvalue weighted by molar-refractivity contribution is -0.139. The van der Waals surface area contributed by atoms with Gasteiger partial charge in [-0.15, -0.1) is 0 Å². The zero-order valence-electron chi connectivity index (χ0n) is 22.5. The summed E-state index contributed by atoms with van der Waals surface area (Å²) in [5.74, 6) is 0.0713. The van der Waals surface area contributed by atoms with E-state index in [0.717, 1.165) is 5.56 Å². The van der Waals surface area contributed by atoms with Crippen molar-refractivity contribution in [3.8, 4) is 17.2 Å². The van der Waals surface area contributed by atoms with Gasteiger partial charge in [-0.1, -0.05) is 18.2 Å². The van der Waals surface area contributed by atoms with Gasteiger partial charge >= 0.3 is 0 Å². The van der Waals surface area contributed by atoms with E-state index < -0.39 is 18.0 Å². The second-order valence-electron chi connectivity index (χ2n) is 10.4. The van der Waals surface area contributed by atoms with Crippen molar-refractivity contribution in [2.45, 2.75) is 50.8 Å². The monoisotopic (exact) mass is 551 g/mol. The Morgan fingerprint density at radius 2 is 1.88 bits per heavy atom. The summed E-state index contributed by atoms with van der Waals surface area (Å²) < 4.78 is 31.9. The Bertz CT molecular complexity index is 1290. The lowest BCUT2D eigenvalue weighted by Gasteiger charge is -2.39. The molecule has 2 heterocycles. The lowest BCUT2D eigenvalue weighted by Crippen LogP contribution is -2.59. The summed E-state index contributed by atoms with van der Waals surface area (Å²) in [5, 5.41) is 5.82. The summed E-state index contributed by atoms with van der Waals surface area (Å²) in [6, 6.07) is 9.11. The van der Waals surface area contributed by atoms with Crippen molar-refractivity contribution in [3.05, 3.63) is 65.5 Å². The number of piperidine rings is 1. The van der Waals surface area contributed by atoms with Crippen LogP contribution in [0.5, 0.6) is 17.2 Å². The van der Waals surface area contributed by atoms with Gasteiger partial charge in [-0.25, -0.2) is 4.39 Å². The molecule has 2 aromatic carbocycles. The molecule has 4 bridgehead atoms. The minimum Gasteiger partial charge on any atom is -0.493 e. The number of nitrogens with zero attached hydrogens (tertiary/aromatic N) is 1. The average Bonchev–Trinajstić information content (AvgIpc) is 3.49. The Balaban J connectivity index is 1.40. The highest BCUT2D eigenvalue weighted by Crippen LogP contribution is 2.29. The van der Waals surface area contributed by atoms with E-state index >= 15 is 0 Å². The number of benzene rings is 2. The van der Waals surface area contributed by atoms with Crippen LogP contribution in [0.1, 0.15) is 36.8 Å². The molecule has 2 atom stereocenters. The minimum absolute atomic E-state index is 0.0544. The number of carbonyl (C=O) groups is 3. The third kappa shape index (κ3) is 6.73. The number of hydrogen-bond donors (Lipinski definition) is 2. The highest BCUT2D eigenvalue weighted by Gasteiger charge is 2.36. The molecule has 0 aromatic heterocycles. The smallest absolute Gasteiger partial charge is 0.258 e. The van der Waals surface area contributed by atoms with E-state index in [1.807, 2.05) is 18.2 Å². The first-order valence-corrected chi connectivity index (χ1v) is 13.6. The number of amides is 3. The van der Waals surface area contributed by atoms with Crippen LogP contribution in [0.15, 0.2) is 48.6 Å². The molecular weight excluding hydrogens is 517 g/mol. The second kappa shape index (κ2) is 12.4. The number of nitrogens with one attached hydrogen (secondary N) is 2. The number of likely N-dealkylation sites (tertiary alicyclic amines) is 1. The molecule has 9 nitrogen and oxygen atoms in total. The number of hydrogen-bond acceptors (Lipinski definition) is 6. The Labute approximate surface area is 232 Å². The fraction of sp³-hybridized carbons (Fsp3) is 0.433. The largest absolute Gasteiger partial charge is 0.493 e. The standard InChI is InChI=1S/C30H34FN3O6/c1-38-26-8-6-19-7-9-28(35)32-16-20-12-22(31)15-23(13-20)40-25-10-11-34(30(37)21-4-2-3-5-21)17-24(25)33-29(36)18-39-27(26)14-19/h2-3,6,8,12-15,21,24-25H,4-5,7,9-11,16-18H2,1H3,(H,32,35)(H,33,36)/t24-,25-/m1/s1. The van der Waals surface area contributed by atoms with Gasteiger partial charge in [0, 0.05) is 44.5 Å². The van der Waals surface area contributed by atoms with Crippen LogP contribution >= 0.6 is 0 Å². The fourth-order valence-electron chi connectivity index (χ4n) is 5.38. The SMILES string of the molecule is COc1ccc2cc1OCC(=O)N[C@@H]1CN(C(=O)C3CC=CC3)CC[C@H]1Oc1cc(F)cc(c1)CNC(=O)CC2. The molecule has 1 saturated heterocycles. The minimum atomic E-state index is -0.540. The third-order valence-corrected chi connectivity index (χ3v) is 7.50. The molecule has 1 aliphatic carbocycles. The van der Waals surface area contributed by atoms with Crippen LogP contribution in [0.3, 0.4) is 0 Å². The number of carbonyl (C=O) groups excluding carboxylic acids is 3. The van der Waals surface area contributed by atoms with Gasteiger partial charge in [0.05, 0.1) is 13.2 Å². The Morgan fingerprint density at radius 1 is 1.05 bits per heavy atom. The first-order valence-electron chi connectivity index (χ1n) is 13.6. The Morgan fingerprint density at radius 3 is 2.67 bits per heavy atom. The highest BCUT2D eigenvalue weighted by molar-refractivity contribution is 5.81. The quantitative estimate of drug-likeness (QED) is 0.556. The predicted octanol–water partition coefficient (Wildman–Crippen LogP) is 2.91. The van der Waals surface area contributed by atoms with Crippen molar-refractivity contribution < 1.29 is 33.0 Å². The molecule has 5 rings (SSSR count). The maximum atomic E-state index is 14.5. The molecule has 0 unspecified atom stereocenters. The van der Waals surface area contributed by atoms with Crippen LogP contribution in [-0.4, -0.2) is 61.6 Å². The van der Waals surface area contributed by atoms with Gasteiger partial charge < -0.3 is 29.7 Å². The second-order valence-corrected chi connectivity index (χ2v) is 10.4. The summed E-state index contributed by atoms with van der Waals surface area (Å²) in [6.45, 7) is 0.592. The number of allylic oxidation sites excluding steroid dienone is 2. The number of methoxy groups -OCH3 is 1. The summed E-state index contributed by atoms with van der Waals surface area (Å²) in [7, 11) is 1.51. The lowest BCUT2D eigenvalue weighted by atomic mass is 9.98. The summed E-state index contributed by atoms with van der Waals surface area (Å²) >= 11 is 0. The Kier molecular flexibility index (Phi) is 8.52. The molecule has 0 radical (unpaired) electrons. The van der Waals surface area contributed by atoms with Crippen LogP contribution in [0.25, 0.3) is 0 Å².